The van der Waals surface area contributed by atoms with Crippen molar-refractivity contribution in [3.8, 4) is 0 Å². The fourth-order valence-corrected chi connectivity index (χ4v) is 2.79. The molecular formula is C15H20N4O. The maximum absolute atomic E-state index is 12.3. The molecule has 1 saturated heterocycles. The molecule has 1 fully saturated rings. The quantitative estimate of drug-likeness (QED) is 0.885. The first-order valence-corrected chi connectivity index (χ1v) is 7.16. The monoisotopic (exact) mass is 272 g/mol. The van der Waals surface area contributed by atoms with Crippen LogP contribution in [0.25, 0.3) is 10.9 Å². The predicted molar refractivity (Wildman–Crippen MR) is 78.6 cm³/mol. The number of aryl methyl sites for hydroxylation is 1. The van der Waals surface area contributed by atoms with Gasteiger partial charge in [0.05, 0.1) is 5.52 Å². The third-order valence-electron chi connectivity index (χ3n) is 3.98. The molecule has 5 heteroatoms. The Balaban J connectivity index is 1.72. The number of rotatable bonds is 3. The van der Waals surface area contributed by atoms with E-state index in [1.165, 1.54) is 0 Å². The summed E-state index contributed by atoms with van der Waals surface area (Å²) in [7, 11) is 1.87. The van der Waals surface area contributed by atoms with Crippen LogP contribution in [0.5, 0.6) is 0 Å². The topological polar surface area (TPSA) is 59.0 Å². The Morgan fingerprint density at radius 1 is 1.40 bits per heavy atom. The summed E-state index contributed by atoms with van der Waals surface area (Å²) in [5.41, 5.74) is 1.51. The Bertz CT molecular complexity index is 613. The zero-order valence-corrected chi connectivity index (χ0v) is 11.7. The van der Waals surface area contributed by atoms with Gasteiger partial charge in [0, 0.05) is 19.0 Å². The number of para-hydroxylation sites is 1. The van der Waals surface area contributed by atoms with E-state index >= 15 is 0 Å². The standard InChI is InChI=1S/C15H20N4O/c1-19-13-5-3-2-4-12(13)14(18-19)15(20)17-10-11-6-8-16-9-7-11/h2-5,11,16H,6-10H2,1H3,(H,17,20). The fraction of sp³-hybridized carbons (Fsp3) is 0.467. The number of aromatic nitrogens is 2. The zero-order chi connectivity index (χ0) is 13.9. The van der Waals surface area contributed by atoms with Crippen LogP contribution in [-0.2, 0) is 7.05 Å². The number of nitrogens with zero attached hydrogens (tertiary/aromatic N) is 2. The van der Waals surface area contributed by atoms with Gasteiger partial charge in [0.25, 0.3) is 5.91 Å². The molecule has 106 valence electrons. The minimum absolute atomic E-state index is 0.0691. The summed E-state index contributed by atoms with van der Waals surface area (Å²) in [4.78, 5) is 12.3. The molecule has 0 aliphatic carbocycles. The molecule has 20 heavy (non-hydrogen) atoms. The van der Waals surface area contributed by atoms with Crippen molar-refractivity contribution < 1.29 is 4.79 Å². The van der Waals surface area contributed by atoms with E-state index in [0.717, 1.165) is 43.4 Å². The second-order valence-corrected chi connectivity index (χ2v) is 5.39. The molecule has 1 aliphatic rings. The molecule has 2 N–H and O–H groups in total. The van der Waals surface area contributed by atoms with Crippen LogP contribution in [0.4, 0.5) is 0 Å². The van der Waals surface area contributed by atoms with E-state index in [1.54, 1.807) is 4.68 Å². The SMILES string of the molecule is Cn1nc(C(=O)NCC2CCNCC2)c2ccccc21. The lowest BCUT2D eigenvalue weighted by molar-refractivity contribution is 0.0940. The second-order valence-electron chi connectivity index (χ2n) is 5.39. The van der Waals surface area contributed by atoms with Crippen molar-refractivity contribution in [2.45, 2.75) is 12.8 Å². The highest BCUT2D eigenvalue weighted by atomic mass is 16.1. The predicted octanol–water partition coefficient (Wildman–Crippen LogP) is 1.30. The van der Waals surface area contributed by atoms with Gasteiger partial charge in [-0.15, -0.1) is 0 Å². The van der Waals surface area contributed by atoms with Gasteiger partial charge in [-0.05, 0) is 37.9 Å². The number of carbonyl (C=O) groups excluding carboxylic acids is 1. The Morgan fingerprint density at radius 3 is 2.95 bits per heavy atom. The molecule has 1 aromatic heterocycles. The first-order chi connectivity index (χ1) is 9.75. The molecule has 2 heterocycles. The first-order valence-electron chi connectivity index (χ1n) is 7.16. The number of hydrogen-bond acceptors (Lipinski definition) is 3. The molecule has 1 aromatic carbocycles. The van der Waals surface area contributed by atoms with Gasteiger partial charge in [-0.25, -0.2) is 0 Å². The van der Waals surface area contributed by atoms with E-state index in [2.05, 4.69) is 15.7 Å². The third kappa shape index (κ3) is 2.54. The normalized spacial score (nSPS) is 16.4. The van der Waals surface area contributed by atoms with Crippen LogP contribution < -0.4 is 10.6 Å². The van der Waals surface area contributed by atoms with E-state index in [-0.39, 0.29) is 5.91 Å². The van der Waals surface area contributed by atoms with Crippen LogP contribution in [0.1, 0.15) is 23.3 Å². The van der Waals surface area contributed by atoms with Crippen LogP contribution in [0.15, 0.2) is 24.3 Å². The third-order valence-corrected chi connectivity index (χ3v) is 3.98. The van der Waals surface area contributed by atoms with Gasteiger partial charge in [0.1, 0.15) is 0 Å². The van der Waals surface area contributed by atoms with Crippen molar-refractivity contribution in [2.24, 2.45) is 13.0 Å². The van der Waals surface area contributed by atoms with E-state index in [1.807, 2.05) is 31.3 Å². The van der Waals surface area contributed by atoms with Crippen LogP contribution in [-0.4, -0.2) is 35.3 Å². The molecule has 0 bridgehead atoms. The lowest BCUT2D eigenvalue weighted by Gasteiger charge is -2.22. The summed E-state index contributed by atoms with van der Waals surface area (Å²) in [5, 5.41) is 11.6. The van der Waals surface area contributed by atoms with Gasteiger partial charge in [-0.1, -0.05) is 18.2 Å². The van der Waals surface area contributed by atoms with E-state index in [9.17, 15) is 4.79 Å². The summed E-state index contributed by atoms with van der Waals surface area (Å²) < 4.78 is 1.76. The molecule has 1 amide bonds. The molecule has 0 unspecified atom stereocenters. The molecule has 5 nitrogen and oxygen atoms in total. The minimum Gasteiger partial charge on any atom is -0.350 e. The van der Waals surface area contributed by atoms with Crippen LogP contribution in [0.3, 0.4) is 0 Å². The first kappa shape index (κ1) is 13.1. The van der Waals surface area contributed by atoms with E-state index in [0.29, 0.717) is 11.6 Å². The Morgan fingerprint density at radius 2 is 2.15 bits per heavy atom. The lowest BCUT2D eigenvalue weighted by atomic mass is 9.98. The van der Waals surface area contributed by atoms with Gasteiger partial charge in [-0.2, -0.15) is 5.10 Å². The highest BCUT2D eigenvalue weighted by molar-refractivity contribution is 6.04. The molecule has 0 saturated carbocycles. The number of nitrogens with one attached hydrogen (secondary N) is 2. The minimum atomic E-state index is -0.0691. The van der Waals surface area contributed by atoms with Gasteiger partial charge in [0.2, 0.25) is 0 Å². The van der Waals surface area contributed by atoms with Gasteiger partial charge >= 0.3 is 0 Å². The number of fused-ring (bicyclic) bond motifs is 1. The molecule has 3 rings (SSSR count). The Labute approximate surface area is 118 Å². The second kappa shape index (κ2) is 5.63. The van der Waals surface area contributed by atoms with Crippen LogP contribution in [0, 0.1) is 5.92 Å². The molecule has 1 aliphatic heterocycles. The number of benzene rings is 1. The van der Waals surface area contributed by atoms with E-state index < -0.39 is 0 Å². The summed E-state index contributed by atoms with van der Waals surface area (Å²) in [6.07, 6.45) is 2.26. The maximum Gasteiger partial charge on any atom is 0.272 e. The molecule has 0 radical (unpaired) electrons. The summed E-state index contributed by atoms with van der Waals surface area (Å²) in [6.45, 7) is 2.84. The van der Waals surface area contributed by atoms with Crippen molar-refractivity contribution in [2.75, 3.05) is 19.6 Å². The maximum atomic E-state index is 12.3. The van der Waals surface area contributed by atoms with Crippen molar-refractivity contribution in [1.82, 2.24) is 20.4 Å². The van der Waals surface area contributed by atoms with Crippen molar-refractivity contribution in [3.63, 3.8) is 0 Å². The molecule has 2 aromatic rings. The largest absolute Gasteiger partial charge is 0.350 e. The fourth-order valence-electron chi connectivity index (χ4n) is 2.79. The Kier molecular flexibility index (Phi) is 3.69. The van der Waals surface area contributed by atoms with Gasteiger partial charge < -0.3 is 10.6 Å². The van der Waals surface area contributed by atoms with Gasteiger partial charge in [0.15, 0.2) is 5.69 Å². The van der Waals surface area contributed by atoms with Crippen LogP contribution in [0.2, 0.25) is 0 Å². The summed E-state index contributed by atoms with van der Waals surface area (Å²) in [6, 6.07) is 7.82. The van der Waals surface area contributed by atoms with E-state index in [4.69, 9.17) is 0 Å². The molecule has 0 spiro atoms. The number of carbonyl (C=O) groups is 1. The average Bonchev–Trinajstić information content (AvgIpc) is 2.84. The number of hydrogen-bond donors (Lipinski definition) is 2. The zero-order valence-electron chi connectivity index (χ0n) is 11.7. The number of piperidine rings is 1. The average molecular weight is 272 g/mol. The highest BCUT2D eigenvalue weighted by Gasteiger charge is 2.18. The smallest absolute Gasteiger partial charge is 0.272 e. The summed E-state index contributed by atoms with van der Waals surface area (Å²) >= 11 is 0. The lowest BCUT2D eigenvalue weighted by Crippen LogP contribution is -2.36. The highest BCUT2D eigenvalue weighted by Crippen LogP contribution is 2.17. The van der Waals surface area contributed by atoms with Crippen molar-refractivity contribution in [3.05, 3.63) is 30.0 Å². The molecule has 0 atom stereocenters. The van der Waals surface area contributed by atoms with Crippen molar-refractivity contribution in [1.29, 1.82) is 0 Å². The van der Waals surface area contributed by atoms with Crippen LogP contribution >= 0.6 is 0 Å². The number of amides is 1. The summed E-state index contributed by atoms with van der Waals surface area (Å²) in [5.74, 6) is 0.510. The van der Waals surface area contributed by atoms with Gasteiger partial charge in [-0.3, -0.25) is 9.48 Å². The Hall–Kier alpha value is -1.88. The molecular weight excluding hydrogens is 252 g/mol. The van der Waals surface area contributed by atoms with Crippen molar-refractivity contribution >= 4 is 16.8 Å².